The number of aryl methyl sites for hydroxylation is 4. The van der Waals surface area contributed by atoms with Crippen LogP contribution in [0.2, 0.25) is 0 Å². The summed E-state index contributed by atoms with van der Waals surface area (Å²) in [5, 5.41) is 8.09. The van der Waals surface area contributed by atoms with Gasteiger partial charge >= 0.3 is 0 Å². The van der Waals surface area contributed by atoms with Crippen molar-refractivity contribution in [3.8, 4) is 11.4 Å². The normalized spacial score (nSPS) is 12.1. The Hall–Kier alpha value is -3.39. The summed E-state index contributed by atoms with van der Waals surface area (Å²) in [4.78, 5) is 5.00. The minimum absolute atomic E-state index is 1.03. The van der Waals surface area contributed by atoms with Crippen LogP contribution >= 0.6 is 0 Å². The summed E-state index contributed by atoms with van der Waals surface area (Å²) >= 11 is 0. The third-order valence-corrected chi connectivity index (χ3v) is 6.55. The molecule has 0 saturated carbocycles. The Bertz CT molecular complexity index is 1560. The van der Waals surface area contributed by atoms with Crippen molar-refractivity contribution in [2.24, 2.45) is 7.05 Å². The summed E-state index contributed by atoms with van der Waals surface area (Å²) in [7, 11) is 2.12. The van der Waals surface area contributed by atoms with Crippen LogP contribution < -0.4 is 0 Å². The molecule has 0 N–H and O–H groups in total. The van der Waals surface area contributed by atoms with Crippen LogP contribution in [0.3, 0.4) is 0 Å². The molecule has 6 aromatic rings. The highest BCUT2D eigenvalue weighted by molar-refractivity contribution is 6.27. The van der Waals surface area contributed by atoms with Crippen molar-refractivity contribution in [2.75, 3.05) is 0 Å². The fraction of sp³-hybridized carbons (Fsp3) is 0.148. The summed E-state index contributed by atoms with van der Waals surface area (Å²) in [6.45, 7) is 6.66. The molecule has 140 valence electrons. The van der Waals surface area contributed by atoms with Gasteiger partial charge in [0.05, 0.1) is 11.0 Å². The van der Waals surface area contributed by atoms with Gasteiger partial charge in [0.15, 0.2) is 0 Å². The maximum Gasteiger partial charge on any atom is 0.141 e. The van der Waals surface area contributed by atoms with Gasteiger partial charge in [-0.15, -0.1) is 0 Å². The van der Waals surface area contributed by atoms with Crippen LogP contribution in [-0.2, 0) is 7.05 Å². The lowest BCUT2D eigenvalue weighted by atomic mass is 9.87. The van der Waals surface area contributed by atoms with Crippen molar-refractivity contribution in [1.29, 1.82) is 0 Å². The van der Waals surface area contributed by atoms with Gasteiger partial charge in [-0.2, -0.15) is 0 Å². The van der Waals surface area contributed by atoms with Gasteiger partial charge in [0.2, 0.25) is 0 Å². The van der Waals surface area contributed by atoms with Gasteiger partial charge in [-0.3, -0.25) is 0 Å². The van der Waals surface area contributed by atoms with Gasteiger partial charge in [0, 0.05) is 12.6 Å². The standard InChI is InChI=1S/C27H22N2/c1-15-13-16(2)19-11-12-21-22(27-28-23-7-5-6-8-24(23)29(27)4)14-17(3)20-10-9-18(15)25(19)26(20)21/h5-14H,1-4H3. The lowest BCUT2D eigenvalue weighted by molar-refractivity contribution is 0.961. The Morgan fingerprint density at radius 3 is 1.86 bits per heavy atom. The van der Waals surface area contributed by atoms with E-state index in [4.69, 9.17) is 4.98 Å². The number of hydrogen-bond acceptors (Lipinski definition) is 1. The zero-order valence-electron chi connectivity index (χ0n) is 17.2. The van der Waals surface area contributed by atoms with E-state index in [9.17, 15) is 0 Å². The molecule has 5 aromatic carbocycles. The molecule has 0 bridgehead atoms. The molecule has 0 atom stereocenters. The van der Waals surface area contributed by atoms with Crippen LogP contribution in [0.5, 0.6) is 0 Å². The molecule has 0 saturated heterocycles. The lowest BCUT2D eigenvalue weighted by Crippen LogP contribution is -1.96. The Labute approximate surface area is 169 Å². The number of hydrogen-bond donors (Lipinski definition) is 0. The van der Waals surface area contributed by atoms with Gasteiger partial charge in [0.25, 0.3) is 0 Å². The smallest absolute Gasteiger partial charge is 0.141 e. The van der Waals surface area contributed by atoms with E-state index < -0.39 is 0 Å². The molecule has 0 aliphatic heterocycles. The fourth-order valence-corrected chi connectivity index (χ4v) is 5.13. The molecule has 2 heteroatoms. The minimum Gasteiger partial charge on any atom is -0.327 e. The minimum atomic E-state index is 1.03. The highest BCUT2D eigenvalue weighted by Crippen LogP contribution is 2.42. The number of fused-ring (bicyclic) bond motifs is 1. The Morgan fingerprint density at radius 1 is 0.655 bits per heavy atom. The number of nitrogens with zero attached hydrogens (tertiary/aromatic N) is 2. The quantitative estimate of drug-likeness (QED) is 0.282. The Kier molecular flexibility index (Phi) is 3.18. The van der Waals surface area contributed by atoms with Crippen molar-refractivity contribution in [1.82, 2.24) is 9.55 Å². The number of imidazole rings is 1. The van der Waals surface area contributed by atoms with Crippen LogP contribution in [0.4, 0.5) is 0 Å². The van der Waals surface area contributed by atoms with E-state index >= 15 is 0 Å². The predicted octanol–water partition coefficient (Wildman–Crippen LogP) is 7.06. The number of benzene rings is 5. The van der Waals surface area contributed by atoms with E-state index in [1.807, 2.05) is 0 Å². The second-order valence-corrected chi connectivity index (χ2v) is 8.31. The van der Waals surface area contributed by atoms with E-state index in [2.05, 4.69) is 93.0 Å². The molecule has 1 aromatic heterocycles. The van der Waals surface area contributed by atoms with E-state index in [0.717, 1.165) is 16.9 Å². The molecule has 29 heavy (non-hydrogen) atoms. The van der Waals surface area contributed by atoms with Gasteiger partial charge in [-0.1, -0.05) is 42.5 Å². The average molecular weight is 374 g/mol. The SMILES string of the molecule is Cc1cc(C)c2ccc3c(-c4nc5ccccc5n4C)cc(C)c4ccc1c2c43. The van der Waals surface area contributed by atoms with Crippen molar-refractivity contribution in [3.05, 3.63) is 77.4 Å². The number of rotatable bonds is 1. The van der Waals surface area contributed by atoms with E-state index in [0.29, 0.717) is 0 Å². The summed E-state index contributed by atoms with van der Waals surface area (Å²) in [6, 6.07) is 22.1. The zero-order valence-corrected chi connectivity index (χ0v) is 17.2. The summed E-state index contributed by atoms with van der Waals surface area (Å²) in [6.07, 6.45) is 0. The Balaban J connectivity index is 1.84. The first-order valence-corrected chi connectivity index (χ1v) is 10.1. The topological polar surface area (TPSA) is 17.8 Å². The fourth-order valence-electron chi connectivity index (χ4n) is 5.13. The first-order chi connectivity index (χ1) is 14.0. The summed E-state index contributed by atoms with van der Waals surface area (Å²) < 4.78 is 2.22. The molecule has 1 heterocycles. The van der Waals surface area contributed by atoms with Crippen molar-refractivity contribution in [2.45, 2.75) is 20.8 Å². The van der Waals surface area contributed by atoms with Crippen LogP contribution in [0.1, 0.15) is 16.7 Å². The van der Waals surface area contributed by atoms with Crippen LogP contribution in [0, 0.1) is 20.8 Å². The lowest BCUT2D eigenvalue weighted by Gasteiger charge is -2.18. The molecule has 6 rings (SSSR count). The molecule has 0 aliphatic rings. The number of aromatic nitrogens is 2. The first kappa shape index (κ1) is 16.6. The average Bonchev–Trinajstić information content (AvgIpc) is 3.06. The van der Waals surface area contributed by atoms with Crippen molar-refractivity contribution >= 4 is 43.4 Å². The molecule has 0 spiro atoms. The highest BCUT2D eigenvalue weighted by Gasteiger charge is 2.18. The third kappa shape index (κ3) is 2.09. The molecular weight excluding hydrogens is 352 g/mol. The monoisotopic (exact) mass is 374 g/mol. The largest absolute Gasteiger partial charge is 0.327 e. The zero-order chi connectivity index (χ0) is 19.9. The summed E-state index contributed by atoms with van der Waals surface area (Å²) in [5.41, 5.74) is 7.40. The van der Waals surface area contributed by atoms with E-state index in [1.165, 1.54) is 54.6 Å². The van der Waals surface area contributed by atoms with Crippen LogP contribution in [-0.4, -0.2) is 9.55 Å². The van der Waals surface area contributed by atoms with Gasteiger partial charge in [-0.05, 0) is 88.0 Å². The molecule has 0 radical (unpaired) electrons. The molecule has 0 aliphatic carbocycles. The van der Waals surface area contributed by atoms with Crippen LogP contribution in [0.15, 0.2) is 60.7 Å². The highest BCUT2D eigenvalue weighted by atomic mass is 15.1. The first-order valence-electron chi connectivity index (χ1n) is 10.1. The van der Waals surface area contributed by atoms with Gasteiger partial charge < -0.3 is 4.57 Å². The summed E-state index contributed by atoms with van der Waals surface area (Å²) in [5.74, 6) is 1.03. The van der Waals surface area contributed by atoms with Crippen LogP contribution in [0.25, 0.3) is 54.7 Å². The van der Waals surface area contributed by atoms with Gasteiger partial charge in [-0.25, -0.2) is 4.98 Å². The van der Waals surface area contributed by atoms with E-state index in [-0.39, 0.29) is 0 Å². The van der Waals surface area contributed by atoms with E-state index in [1.54, 1.807) is 0 Å². The van der Waals surface area contributed by atoms with Gasteiger partial charge in [0.1, 0.15) is 5.82 Å². The number of para-hydroxylation sites is 2. The predicted molar refractivity (Wildman–Crippen MR) is 124 cm³/mol. The molecule has 2 nitrogen and oxygen atoms in total. The second kappa shape index (κ2) is 5.57. The maximum absolute atomic E-state index is 5.00. The molecule has 0 unspecified atom stereocenters. The third-order valence-electron chi connectivity index (χ3n) is 6.55. The molecular formula is C27H22N2. The van der Waals surface area contributed by atoms with Crippen molar-refractivity contribution in [3.63, 3.8) is 0 Å². The second-order valence-electron chi connectivity index (χ2n) is 8.31. The maximum atomic E-state index is 5.00. The van der Waals surface area contributed by atoms with Crippen molar-refractivity contribution < 1.29 is 0 Å². The molecule has 0 fully saturated rings. The molecule has 0 amide bonds. The Morgan fingerprint density at radius 2 is 1.21 bits per heavy atom.